The number of hydrogen-bond donors (Lipinski definition) is 0. The molecule has 3 aromatic rings. The number of hydrogen-bond acceptors (Lipinski definition) is 5. The zero-order valence-electron chi connectivity index (χ0n) is 18.2. The predicted octanol–water partition coefficient (Wildman–Crippen LogP) is 3.25. The molecule has 0 aliphatic carbocycles. The lowest BCUT2D eigenvalue weighted by atomic mass is 10.0. The van der Waals surface area contributed by atoms with E-state index in [1.165, 1.54) is 12.1 Å². The van der Waals surface area contributed by atoms with Crippen LogP contribution < -0.4 is 4.90 Å². The highest BCUT2D eigenvalue weighted by atomic mass is 19.1. The molecule has 4 rings (SSSR count). The van der Waals surface area contributed by atoms with Crippen molar-refractivity contribution in [1.82, 2.24) is 24.6 Å². The summed E-state index contributed by atoms with van der Waals surface area (Å²) in [5.41, 5.74) is 3.92. The molecular weight excluding hydrogens is 395 g/mol. The first-order valence-corrected chi connectivity index (χ1v) is 10.5. The van der Waals surface area contributed by atoms with Crippen molar-refractivity contribution in [1.29, 1.82) is 0 Å². The summed E-state index contributed by atoms with van der Waals surface area (Å²) in [5, 5.41) is 4.32. The van der Waals surface area contributed by atoms with Crippen LogP contribution in [0.1, 0.15) is 41.6 Å². The van der Waals surface area contributed by atoms with E-state index in [2.05, 4.69) is 16.9 Å². The second kappa shape index (κ2) is 8.93. The second-order valence-electron chi connectivity index (χ2n) is 8.01. The van der Waals surface area contributed by atoms with Crippen molar-refractivity contribution in [3.63, 3.8) is 0 Å². The molecule has 0 N–H and O–H groups in total. The van der Waals surface area contributed by atoms with Gasteiger partial charge in [0.25, 0.3) is 0 Å². The first-order valence-electron chi connectivity index (χ1n) is 10.5. The minimum Gasteiger partial charge on any atom is -0.295 e. The number of amides is 1. The largest absolute Gasteiger partial charge is 0.295 e. The molecule has 3 heterocycles. The predicted molar refractivity (Wildman–Crippen MR) is 116 cm³/mol. The summed E-state index contributed by atoms with van der Waals surface area (Å²) < 4.78 is 15.2. The molecule has 0 spiro atoms. The Hall–Kier alpha value is -3.13. The van der Waals surface area contributed by atoms with Gasteiger partial charge in [-0.25, -0.2) is 14.4 Å². The molecule has 1 aliphatic rings. The molecule has 31 heavy (non-hydrogen) atoms. The molecule has 0 radical (unpaired) electrons. The van der Waals surface area contributed by atoms with Crippen molar-refractivity contribution < 1.29 is 9.18 Å². The summed E-state index contributed by atoms with van der Waals surface area (Å²) in [6, 6.07) is 6.24. The molecule has 7 nitrogen and oxygen atoms in total. The van der Waals surface area contributed by atoms with E-state index in [4.69, 9.17) is 9.97 Å². The Balaban J connectivity index is 1.55. The number of aryl methyl sites for hydroxylation is 2. The normalized spacial score (nSPS) is 13.7. The number of rotatable bonds is 7. The first-order chi connectivity index (χ1) is 14.9. The lowest BCUT2D eigenvalue weighted by Crippen LogP contribution is -2.36. The highest BCUT2D eigenvalue weighted by Crippen LogP contribution is 2.29. The molecule has 0 saturated heterocycles. The maximum absolute atomic E-state index is 13.3. The third kappa shape index (κ3) is 4.80. The van der Waals surface area contributed by atoms with Crippen LogP contribution in [0, 0.1) is 12.7 Å². The molecule has 0 atom stereocenters. The second-order valence-corrected chi connectivity index (χ2v) is 8.01. The van der Waals surface area contributed by atoms with E-state index in [1.54, 1.807) is 17.0 Å². The number of benzene rings is 1. The molecule has 0 fully saturated rings. The molecule has 1 amide bonds. The molecule has 1 aliphatic heterocycles. The van der Waals surface area contributed by atoms with Crippen LogP contribution in [0.25, 0.3) is 0 Å². The van der Waals surface area contributed by atoms with Crippen LogP contribution in [0.4, 0.5) is 10.2 Å². The Morgan fingerprint density at radius 2 is 1.87 bits per heavy atom. The molecule has 1 aromatic carbocycles. The molecule has 0 saturated carbocycles. The van der Waals surface area contributed by atoms with Gasteiger partial charge in [-0.05, 0) is 45.0 Å². The lowest BCUT2D eigenvalue weighted by Gasteiger charge is -2.30. The first kappa shape index (κ1) is 21.1. The van der Waals surface area contributed by atoms with Crippen LogP contribution in [0.5, 0.6) is 0 Å². The van der Waals surface area contributed by atoms with Gasteiger partial charge in [-0.1, -0.05) is 12.1 Å². The fraction of sp³-hybridized carbons (Fsp3) is 0.391. The Bertz CT molecular complexity index is 1080. The molecular formula is C23H27FN6O. The van der Waals surface area contributed by atoms with Crippen molar-refractivity contribution in [3.8, 4) is 0 Å². The van der Waals surface area contributed by atoms with Crippen molar-refractivity contribution in [2.75, 3.05) is 11.9 Å². The fourth-order valence-corrected chi connectivity index (χ4v) is 3.91. The monoisotopic (exact) mass is 422 g/mol. The van der Waals surface area contributed by atoms with Gasteiger partial charge < -0.3 is 0 Å². The van der Waals surface area contributed by atoms with E-state index in [9.17, 15) is 9.18 Å². The maximum Gasteiger partial charge on any atom is 0.228 e. The zero-order valence-corrected chi connectivity index (χ0v) is 18.2. The van der Waals surface area contributed by atoms with Gasteiger partial charge in [0.2, 0.25) is 5.91 Å². The average molecular weight is 423 g/mol. The number of fused-ring (bicyclic) bond motifs is 1. The van der Waals surface area contributed by atoms with Gasteiger partial charge in [0.05, 0.1) is 19.3 Å². The molecule has 162 valence electrons. The van der Waals surface area contributed by atoms with Crippen LogP contribution in [0.15, 0.2) is 36.7 Å². The van der Waals surface area contributed by atoms with Crippen LogP contribution in [-0.4, -0.2) is 37.6 Å². The van der Waals surface area contributed by atoms with Gasteiger partial charge >= 0.3 is 0 Å². The highest BCUT2D eigenvalue weighted by molar-refractivity contribution is 5.95. The summed E-state index contributed by atoms with van der Waals surface area (Å²) in [5.74, 6) is 1.10. The van der Waals surface area contributed by atoms with E-state index < -0.39 is 0 Å². The number of halogens is 1. The van der Waals surface area contributed by atoms with Gasteiger partial charge in [-0.15, -0.1) is 0 Å². The Labute approximate surface area is 181 Å². The third-order valence-electron chi connectivity index (χ3n) is 5.51. The average Bonchev–Trinajstić information content (AvgIpc) is 3.19. The van der Waals surface area contributed by atoms with Crippen LogP contribution in [-0.2, 0) is 37.4 Å². The van der Waals surface area contributed by atoms with Crippen LogP contribution in [0.2, 0.25) is 0 Å². The van der Waals surface area contributed by atoms with Crippen molar-refractivity contribution >= 4 is 11.7 Å². The molecule has 0 unspecified atom stereocenters. The van der Waals surface area contributed by atoms with E-state index in [1.807, 2.05) is 31.0 Å². The quantitative estimate of drug-likeness (QED) is 0.585. The van der Waals surface area contributed by atoms with Gasteiger partial charge in [0.1, 0.15) is 17.5 Å². The van der Waals surface area contributed by atoms with E-state index in [0.29, 0.717) is 37.6 Å². The molecule has 2 aromatic heterocycles. The van der Waals surface area contributed by atoms with Crippen molar-refractivity contribution in [2.24, 2.45) is 0 Å². The van der Waals surface area contributed by atoms with Crippen molar-refractivity contribution in [3.05, 3.63) is 70.7 Å². The standard InChI is InChI=1S/C23H27FN6O/c1-4-29-13-18(11-25-29)12-28(3)15-21-26-16(2)20-9-10-22(31)30(23(20)27-21)14-17-5-7-19(24)8-6-17/h5-8,11,13H,4,9-10,12,14-15H2,1-3H3. The highest BCUT2D eigenvalue weighted by Gasteiger charge is 2.28. The molecule has 0 bridgehead atoms. The molecule has 8 heteroatoms. The number of carbonyl (C=O) groups excluding carboxylic acids is 1. The summed E-state index contributed by atoms with van der Waals surface area (Å²) in [6.07, 6.45) is 4.99. The Morgan fingerprint density at radius 3 is 2.58 bits per heavy atom. The summed E-state index contributed by atoms with van der Waals surface area (Å²) >= 11 is 0. The SMILES string of the molecule is CCn1cc(CN(C)Cc2nc(C)c3c(n2)N(Cc2ccc(F)cc2)C(=O)CC3)cn1. The Kier molecular flexibility index (Phi) is 6.08. The van der Waals surface area contributed by atoms with Crippen molar-refractivity contribution in [2.45, 2.75) is 52.9 Å². The number of anilines is 1. The smallest absolute Gasteiger partial charge is 0.228 e. The summed E-state index contributed by atoms with van der Waals surface area (Å²) in [7, 11) is 2.02. The van der Waals surface area contributed by atoms with Gasteiger partial charge in [-0.2, -0.15) is 5.10 Å². The Morgan fingerprint density at radius 1 is 1.10 bits per heavy atom. The van der Waals surface area contributed by atoms with Gasteiger partial charge in [-0.3, -0.25) is 19.3 Å². The zero-order chi connectivity index (χ0) is 22.0. The number of nitrogens with zero attached hydrogens (tertiary/aromatic N) is 6. The van der Waals surface area contributed by atoms with E-state index in [0.717, 1.165) is 35.5 Å². The summed E-state index contributed by atoms with van der Waals surface area (Å²) in [4.78, 5) is 26.0. The van der Waals surface area contributed by atoms with E-state index >= 15 is 0 Å². The topological polar surface area (TPSA) is 67.2 Å². The number of aromatic nitrogens is 4. The van der Waals surface area contributed by atoms with Crippen LogP contribution >= 0.6 is 0 Å². The minimum absolute atomic E-state index is 0.0289. The third-order valence-corrected chi connectivity index (χ3v) is 5.51. The minimum atomic E-state index is -0.290. The van der Waals surface area contributed by atoms with E-state index in [-0.39, 0.29) is 11.7 Å². The number of carbonyl (C=O) groups is 1. The van der Waals surface area contributed by atoms with Gasteiger partial charge in [0, 0.05) is 42.5 Å². The van der Waals surface area contributed by atoms with Crippen LogP contribution in [0.3, 0.4) is 0 Å². The van der Waals surface area contributed by atoms with Gasteiger partial charge in [0.15, 0.2) is 0 Å². The lowest BCUT2D eigenvalue weighted by molar-refractivity contribution is -0.119. The fourth-order valence-electron chi connectivity index (χ4n) is 3.91. The summed E-state index contributed by atoms with van der Waals surface area (Å²) in [6.45, 7) is 6.54. The maximum atomic E-state index is 13.3.